The molecule has 8 heteroatoms. The molecular formula is C17H18N4O3S. The van der Waals surface area contributed by atoms with Crippen LogP contribution in [0.15, 0.2) is 72.1 Å². The van der Waals surface area contributed by atoms with Gasteiger partial charge in [-0.3, -0.25) is 0 Å². The van der Waals surface area contributed by atoms with Crippen LogP contribution in [0, 0.1) is 0 Å². The van der Waals surface area contributed by atoms with Gasteiger partial charge >= 0.3 is 0 Å². The van der Waals surface area contributed by atoms with Crippen LogP contribution < -0.4 is 15.2 Å². The van der Waals surface area contributed by atoms with Crippen LogP contribution in [-0.4, -0.2) is 24.6 Å². The molecule has 0 aliphatic heterocycles. The molecule has 0 aliphatic rings. The molecule has 130 valence electrons. The van der Waals surface area contributed by atoms with Gasteiger partial charge in [0.2, 0.25) is 10.0 Å². The first-order valence-electron chi connectivity index (χ1n) is 7.60. The van der Waals surface area contributed by atoms with E-state index in [-0.39, 0.29) is 4.90 Å². The smallest absolute Gasteiger partial charge is 0.238 e. The Kier molecular flexibility index (Phi) is 5.01. The highest BCUT2D eigenvalue weighted by molar-refractivity contribution is 7.89. The van der Waals surface area contributed by atoms with Gasteiger partial charge in [-0.05, 0) is 36.4 Å². The lowest BCUT2D eigenvalue weighted by atomic mass is 10.2. The summed E-state index contributed by atoms with van der Waals surface area (Å²) in [5, 5.41) is 8.32. The number of imidazole rings is 1. The number of para-hydroxylation sites is 2. The fourth-order valence-corrected chi connectivity index (χ4v) is 2.77. The van der Waals surface area contributed by atoms with Crippen LogP contribution in [-0.2, 0) is 16.6 Å². The van der Waals surface area contributed by atoms with E-state index in [1.165, 1.54) is 12.1 Å². The van der Waals surface area contributed by atoms with E-state index in [9.17, 15) is 8.42 Å². The molecule has 3 N–H and O–H groups in total. The summed E-state index contributed by atoms with van der Waals surface area (Å²) in [5.41, 5.74) is 1.52. The van der Waals surface area contributed by atoms with Gasteiger partial charge in [0.15, 0.2) is 0 Å². The summed E-state index contributed by atoms with van der Waals surface area (Å²) in [6.45, 7) is 1.19. The lowest BCUT2D eigenvalue weighted by Gasteiger charge is -2.13. The van der Waals surface area contributed by atoms with Crippen molar-refractivity contribution in [2.45, 2.75) is 11.4 Å². The van der Waals surface area contributed by atoms with Crippen molar-refractivity contribution in [2.75, 3.05) is 11.9 Å². The number of aromatic nitrogens is 2. The number of hydrogen-bond donors (Lipinski definition) is 2. The van der Waals surface area contributed by atoms with Crippen molar-refractivity contribution >= 4 is 21.4 Å². The molecule has 25 heavy (non-hydrogen) atoms. The second-order valence-corrected chi connectivity index (χ2v) is 6.90. The average molecular weight is 358 g/mol. The highest BCUT2D eigenvalue weighted by Gasteiger charge is 2.08. The molecular weight excluding hydrogens is 340 g/mol. The van der Waals surface area contributed by atoms with E-state index in [0.717, 1.165) is 11.4 Å². The molecule has 0 fully saturated rings. The number of hydrogen-bond acceptors (Lipinski definition) is 5. The molecule has 3 rings (SSSR count). The quantitative estimate of drug-likeness (QED) is 0.675. The Balaban J connectivity index is 1.68. The number of ether oxygens (including phenoxy) is 1. The fraction of sp³-hybridized carbons (Fsp3) is 0.118. The van der Waals surface area contributed by atoms with Gasteiger partial charge in [-0.1, -0.05) is 12.1 Å². The van der Waals surface area contributed by atoms with Crippen LogP contribution >= 0.6 is 0 Å². The summed E-state index contributed by atoms with van der Waals surface area (Å²) in [5.74, 6) is 0.707. The van der Waals surface area contributed by atoms with Gasteiger partial charge in [0.05, 0.1) is 23.5 Å². The summed E-state index contributed by atoms with van der Waals surface area (Å²) in [7, 11) is -3.69. The van der Waals surface area contributed by atoms with Crippen molar-refractivity contribution in [3.63, 3.8) is 0 Å². The van der Waals surface area contributed by atoms with Gasteiger partial charge in [-0.2, -0.15) is 0 Å². The van der Waals surface area contributed by atoms with Gasteiger partial charge in [0, 0.05) is 18.1 Å². The van der Waals surface area contributed by atoms with Crippen LogP contribution in [0.1, 0.15) is 0 Å². The minimum Gasteiger partial charge on any atom is -0.490 e. The van der Waals surface area contributed by atoms with Gasteiger partial charge in [-0.15, -0.1) is 0 Å². The Morgan fingerprint density at radius 2 is 1.88 bits per heavy atom. The molecule has 0 spiro atoms. The van der Waals surface area contributed by atoms with Crippen molar-refractivity contribution in [3.05, 3.63) is 67.3 Å². The van der Waals surface area contributed by atoms with Crippen molar-refractivity contribution in [2.24, 2.45) is 5.14 Å². The molecule has 0 radical (unpaired) electrons. The van der Waals surface area contributed by atoms with E-state index >= 15 is 0 Å². The summed E-state index contributed by atoms with van der Waals surface area (Å²) in [6, 6.07) is 13.8. The zero-order valence-corrected chi connectivity index (χ0v) is 14.2. The normalized spacial score (nSPS) is 11.2. The lowest BCUT2D eigenvalue weighted by Crippen LogP contribution is -2.11. The van der Waals surface area contributed by atoms with Crippen LogP contribution in [0.2, 0.25) is 0 Å². The van der Waals surface area contributed by atoms with Gasteiger partial charge in [-0.25, -0.2) is 18.5 Å². The van der Waals surface area contributed by atoms with Crippen molar-refractivity contribution in [3.8, 4) is 5.75 Å². The van der Waals surface area contributed by atoms with E-state index < -0.39 is 10.0 Å². The predicted octanol–water partition coefficient (Wildman–Crippen LogP) is 2.35. The number of nitrogens with two attached hydrogens (primary N) is 1. The number of nitrogens with one attached hydrogen (secondary N) is 1. The Labute approximate surface area is 146 Å². The molecule has 0 unspecified atom stereocenters. The maximum atomic E-state index is 11.3. The molecule has 0 saturated carbocycles. The topological polar surface area (TPSA) is 99.2 Å². The first-order valence-corrected chi connectivity index (χ1v) is 9.14. The minimum absolute atomic E-state index is 0.0721. The maximum Gasteiger partial charge on any atom is 0.238 e. The third-order valence-electron chi connectivity index (χ3n) is 3.52. The fourth-order valence-electron chi connectivity index (χ4n) is 2.26. The zero-order chi connectivity index (χ0) is 17.7. The summed E-state index contributed by atoms with van der Waals surface area (Å²) < 4.78 is 30.4. The summed E-state index contributed by atoms with van der Waals surface area (Å²) >= 11 is 0. The van der Waals surface area contributed by atoms with E-state index in [2.05, 4.69) is 10.3 Å². The third kappa shape index (κ3) is 4.59. The van der Waals surface area contributed by atoms with Gasteiger partial charge < -0.3 is 14.6 Å². The van der Waals surface area contributed by atoms with Crippen LogP contribution in [0.5, 0.6) is 5.75 Å². The highest BCUT2D eigenvalue weighted by atomic mass is 32.2. The second-order valence-electron chi connectivity index (χ2n) is 5.34. The molecule has 7 nitrogen and oxygen atoms in total. The number of anilines is 2. The van der Waals surface area contributed by atoms with Crippen LogP contribution in [0.4, 0.5) is 11.4 Å². The second kappa shape index (κ2) is 7.37. The number of primary sulfonamides is 1. The Morgan fingerprint density at radius 3 is 2.56 bits per heavy atom. The predicted molar refractivity (Wildman–Crippen MR) is 95.3 cm³/mol. The summed E-state index contributed by atoms with van der Waals surface area (Å²) in [4.78, 5) is 4.06. The van der Waals surface area contributed by atoms with Gasteiger partial charge in [0.1, 0.15) is 12.4 Å². The van der Waals surface area contributed by atoms with E-state index in [1.54, 1.807) is 24.7 Å². The number of benzene rings is 2. The molecule has 1 heterocycles. The molecule has 0 bridgehead atoms. The maximum absolute atomic E-state index is 11.3. The lowest BCUT2D eigenvalue weighted by molar-refractivity contribution is 0.299. The van der Waals surface area contributed by atoms with Crippen LogP contribution in [0.3, 0.4) is 0 Å². The Hall–Kier alpha value is -2.84. The Bertz CT molecular complexity index is 923. The molecule has 0 saturated heterocycles. The molecule has 0 atom stereocenters. The average Bonchev–Trinajstić information content (AvgIpc) is 3.09. The third-order valence-corrected chi connectivity index (χ3v) is 4.44. The molecule has 0 aliphatic carbocycles. The first-order chi connectivity index (χ1) is 12.0. The van der Waals surface area contributed by atoms with Crippen LogP contribution in [0.25, 0.3) is 0 Å². The standard InChI is InChI=1S/C17H18N4O3S/c18-25(22,23)15-7-5-14(6-8-15)20-16-3-1-2-4-17(16)24-12-11-21-10-9-19-13-21/h1-10,13,20H,11-12H2,(H2,18,22,23). The van der Waals surface area contributed by atoms with Crippen molar-refractivity contribution < 1.29 is 13.2 Å². The number of rotatable bonds is 7. The number of nitrogens with zero attached hydrogens (tertiary/aromatic N) is 2. The molecule has 2 aromatic carbocycles. The zero-order valence-electron chi connectivity index (χ0n) is 13.4. The minimum atomic E-state index is -3.69. The summed E-state index contributed by atoms with van der Waals surface area (Å²) in [6.07, 6.45) is 5.34. The SMILES string of the molecule is NS(=O)(=O)c1ccc(Nc2ccccc2OCCn2ccnc2)cc1. The van der Waals surface area contributed by atoms with Crippen molar-refractivity contribution in [1.82, 2.24) is 9.55 Å². The first kappa shape index (κ1) is 17.0. The van der Waals surface area contributed by atoms with E-state index in [0.29, 0.717) is 18.9 Å². The monoisotopic (exact) mass is 358 g/mol. The van der Waals surface area contributed by atoms with Gasteiger partial charge in [0.25, 0.3) is 0 Å². The Morgan fingerprint density at radius 1 is 1.12 bits per heavy atom. The largest absolute Gasteiger partial charge is 0.490 e. The number of sulfonamides is 1. The van der Waals surface area contributed by atoms with E-state index in [4.69, 9.17) is 9.88 Å². The van der Waals surface area contributed by atoms with E-state index in [1.807, 2.05) is 35.0 Å². The molecule has 0 amide bonds. The van der Waals surface area contributed by atoms with Crippen molar-refractivity contribution in [1.29, 1.82) is 0 Å². The molecule has 3 aromatic rings. The molecule has 1 aromatic heterocycles. The highest BCUT2D eigenvalue weighted by Crippen LogP contribution is 2.27.